The van der Waals surface area contributed by atoms with Crippen LogP contribution in [0.4, 0.5) is 5.69 Å². The van der Waals surface area contributed by atoms with Crippen molar-refractivity contribution >= 4 is 36.4 Å². The topological polar surface area (TPSA) is 76.4 Å². The molecule has 1 amide bonds. The van der Waals surface area contributed by atoms with E-state index in [1.54, 1.807) is 7.11 Å². The van der Waals surface area contributed by atoms with Crippen LogP contribution in [0.3, 0.4) is 0 Å². The summed E-state index contributed by atoms with van der Waals surface area (Å²) in [5.41, 5.74) is 6.33. The number of nitrogens with two attached hydrogens (primary N) is 1. The number of hydrogen-bond donors (Lipinski definition) is 3. The number of ether oxygens (including phenoxy) is 1. The number of hydrogen-bond acceptors (Lipinski definition) is 4. The number of halogens is 2. The van der Waals surface area contributed by atoms with Crippen LogP contribution in [0, 0.1) is 5.92 Å². The van der Waals surface area contributed by atoms with Crippen molar-refractivity contribution < 1.29 is 9.53 Å². The zero-order valence-electron chi connectivity index (χ0n) is 12.9. The van der Waals surface area contributed by atoms with Gasteiger partial charge in [-0.2, -0.15) is 0 Å². The van der Waals surface area contributed by atoms with Crippen molar-refractivity contribution in [1.82, 2.24) is 5.32 Å². The molecule has 1 atom stereocenters. The minimum absolute atomic E-state index is 0. The first kappa shape index (κ1) is 20.8. The number of amides is 1. The Labute approximate surface area is 144 Å². The van der Waals surface area contributed by atoms with Crippen molar-refractivity contribution in [3.63, 3.8) is 0 Å². The van der Waals surface area contributed by atoms with Crippen LogP contribution in [0.25, 0.3) is 0 Å². The summed E-state index contributed by atoms with van der Waals surface area (Å²) in [5, 5.41) is 6.14. The Morgan fingerprint density at radius 1 is 1.36 bits per heavy atom. The molecule has 1 fully saturated rings. The third kappa shape index (κ3) is 5.23. The summed E-state index contributed by atoms with van der Waals surface area (Å²) < 4.78 is 5.23. The molecule has 1 aliphatic rings. The van der Waals surface area contributed by atoms with E-state index < -0.39 is 0 Å². The van der Waals surface area contributed by atoms with E-state index >= 15 is 0 Å². The molecule has 126 valence electrons. The molecule has 1 saturated carbocycles. The third-order valence-electron chi connectivity index (χ3n) is 3.87. The minimum Gasteiger partial charge on any atom is -0.495 e. The number of rotatable bonds is 7. The van der Waals surface area contributed by atoms with Gasteiger partial charge < -0.3 is 21.1 Å². The molecular weight excluding hydrogens is 325 g/mol. The highest BCUT2D eigenvalue weighted by Gasteiger charge is 2.41. The van der Waals surface area contributed by atoms with Crippen molar-refractivity contribution in [2.75, 3.05) is 25.5 Å². The van der Waals surface area contributed by atoms with Crippen LogP contribution < -0.4 is 21.1 Å². The molecule has 0 saturated heterocycles. The van der Waals surface area contributed by atoms with E-state index in [1.807, 2.05) is 31.2 Å². The van der Waals surface area contributed by atoms with Gasteiger partial charge in [-0.05, 0) is 37.8 Å². The van der Waals surface area contributed by atoms with Crippen LogP contribution in [0.5, 0.6) is 5.75 Å². The predicted octanol–water partition coefficient (Wildman–Crippen LogP) is 2.19. The molecule has 0 spiro atoms. The van der Waals surface area contributed by atoms with Gasteiger partial charge in [0.15, 0.2) is 0 Å². The largest absolute Gasteiger partial charge is 0.495 e. The maximum atomic E-state index is 12.1. The second kappa shape index (κ2) is 9.08. The van der Waals surface area contributed by atoms with Crippen LogP contribution in [-0.4, -0.2) is 31.6 Å². The van der Waals surface area contributed by atoms with Crippen LogP contribution >= 0.6 is 24.8 Å². The Kier molecular flexibility index (Phi) is 8.60. The second-order valence-electron chi connectivity index (χ2n) is 5.50. The summed E-state index contributed by atoms with van der Waals surface area (Å²) in [6, 6.07) is 7.53. The summed E-state index contributed by atoms with van der Waals surface area (Å²) in [5.74, 6) is 1.20. The second-order valence-corrected chi connectivity index (χ2v) is 5.50. The maximum absolute atomic E-state index is 12.1. The number of benzene rings is 1. The van der Waals surface area contributed by atoms with Crippen molar-refractivity contribution in [2.24, 2.45) is 11.7 Å². The summed E-state index contributed by atoms with van der Waals surface area (Å²) in [4.78, 5) is 12.1. The van der Waals surface area contributed by atoms with E-state index in [9.17, 15) is 4.79 Å². The van der Waals surface area contributed by atoms with Gasteiger partial charge in [0.05, 0.1) is 24.9 Å². The van der Waals surface area contributed by atoms with Crippen LogP contribution in [0.15, 0.2) is 24.3 Å². The molecule has 1 aromatic carbocycles. The van der Waals surface area contributed by atoms with Crippen molar-refractivity contribution in [2.45, 2.75) is 25.3 Å². The fourth-order valence-electron chi connectivity index (χ4n) is 2.37. The lowest BCUT2D eigenvalue weighted by Crippen LogP contribution is -2.54. The fourth-order valence-corrected chi connectivity index (χ4v) is 2.37. The Morgan fingerprint density at radius 2 is 2.00 bits per heavy atom. The molecule has 5 nitrogen and oxygen atoms in total. The highest BCUT2D eigenvalue weighted by Crippen LogP contribution is 2.38. The third-order valence-corrected chi connectivity index (χ3v) is 3.87. The molecule has 22 heavy (non-hydrogen) atoms. The Morgan fingerprint density at radius 3 is 2.55 bits per heavy atom. The van der Waals surface area contributed by atoms with Crippen LogP contribution in [-0.2, 0) is 4.79 Å². The number of carbonyl (C=O) groups excluding carboxylic acids is 1. The lowest BCUT2D eigenvalue weighted by Gasteiger charge is -2.29. The Balaban J connectivity index is 0.00000220. The molecule has 0 aliphatic heterocycles. The van der Waals surface area contributed by atoms with Gasteiger partial charge in [0, 0.05) is 6.54 Å². The average Bonchev–Trinajstić information content (AvgIpc) is 3.30. The summed E-state index contributed by atoms with van der Waals surface area (Å²) in [7, 11) is 1.61. The number of para-hydroxylation sites is 2. The molecule has 4 N–H and O–H groups in total. The van der Waals surface area contributed by atoms with E-state index in [-0.39, 0.29) is 42.8 Å². The van der Waals surface area contributed by atoms with Gasteiger partial charge in [-0.25, -0.2) is 0 Å². The van der Waals surface area contributed by atoms with E-state index in [0.717, 1.165) is 24.3 Å². The lowest BCUT2D eigenvalue weighted by atomic mass is 9.96. The Hall–Kier alpha value is -1.17. The predicted molar refractivity (Wildman–Crippen MR) is 94.3 cm³/mol. The normalized spacial score (nSPS) is 15.6. The number of anilines is 1. The monoisotopic (exact) mass is 349 g/mol. The maximum Gasteiger partial charge on any atom is 0.239 e. The highest BCUT2D eigenvalue weighted by molar-refractivity contribution is 5.85. The summed E-state index contributed by atoms with van der Waals surface area (Å²) in [6.45, 7) is 2.70. The molecule has 1 unspecified atom stereocenters. The molecule has 7 heteroatoms. The first-order valence-corrected chi connectivity index (χ1v) is 6.97. The van der Waals surface area contributed by atoms with E-state index in [1.165, 1.54) is 0 Å². The van der Waals surface area contributed by atoms with Crippen molar-refractivity contribution in [3.05, 3.63) is 24.3 Å². The zero-order valence-corrected chi connectivity index (χ0v) is 14.6. The summed E-state index contributed by atoms with van der Waals surface area (Å²) in [6.07, 6.45) is 2.29. The fraction of sp³-hybridized carbons (Fsp3) is 0.533. The van der Waals surface area contributed by atoms with Gasteiger partial charge in [0.2, 0.25) is 5.91 Å². The SMILES string of the molecule is COc1ccccc1NCC(=O)NC(C)(CN)C1CC1.Cl.Cl. The average molecular weight is 350 g/mol. The highest BCUT2D eigenvalue weighted by atomic mass is 35.5. The first-order valence-electron chi connectivity index (χ1n) is 6.97. The minimum atomic E-state index is -0.278. The van der Waals surface area contributed by atoms with E-state index in [4.69, 9.17) is 10.5 Å². The molecule has 2 rings (SSSR count). The molecular formula is C15H25Cl2N3O2. The van der Waals surface area contributed by atoms with Crippen LogP contribution in [0.2, 0.25) is 0 Å². The van der Waals surface area contributed by atoms with E-state index in [0.29, 0.717) is 12.5 Å². The van der Waals surface area contributed by atoms with Crippen LogP contribution in [0.1, 0.15) is 19.8 Å². The van der Waals surface area contributed by atoms with E-state index in [2.05, 4.69) is 10.6 Å². The molecule has 1 aromatic rings. The van der Waals surface area contributed by atoms with Gasteiger partial charge in [-0.15, -0.1) is 24.8 Å². The van der Waals surface area contributed by atoms with Gasteiger partial charge in [0.25, 0.3) is 0 Å². The quantitative estimate of drug-likeness (QED) is 0.705. The van der Waals surface area contributed by atoms with Crippen molar-refractivity contribution in [1.29, 1.82) is 0 Å². The smallest absolute Gasteiger partial charge is 0.239 e. The zero-order chi connectivity index (χ0) is 14.6. The summed E-state index contributed by atoms with van der Waals surface area (Å²) >= 11 is 0. The number of carbonyl (C=O) groups is 1. The standard InChI is InChI=1S/C15H23N3O2.2ClH/c1-15(10-16,11-7-8-11)18-14(19)9-17-12-5-3-4-6-13(12)20-2;;/h3-6,11,17H,7-10,16H2,1-2H3,(H,18,19);2*1H. The molecule has 1 aliphatic carbocycles. The first-order chi connectivity index (χ1) is 9.59. The van der Waals surface area contributed by atoms with Crippen molar-refractivity contribution in [3.8, 4) is 5.75 Å². The Bertz CT molecular complexity index is 484. The molecule has 0 heterocycles. The van der Waals surface area contributed by atoms with Gasteiger partial charge >= 0.3 is 0 Å². The van der Waals surface area contributed by atoms with Gasteiger partial charge in [-0.1, -0.05) is 12.1 Å². The molecule has 0 aromatic heterocycles. The molecule has 0 bridgehead atoms. The number of nitrogens with one attached hydrogen (secondary N) is 2. The molecule has 0 radical (unpaired) electrons. The van der Waals surface area contributed by atoms with Gasteiger partial charge in [0.1, 0.15) is 5.75 Å². The van der Waals surface area contributed by atoms with Gasteiger partial charge in [-0.3, -0.25) is 4.79 Å². The number of methoxy groups -OCH3 is 1. The lowest BCUT2D eigenvalue weighted by molar-refractivity contribution is -0.121.